The zero-order valence-corrected chi connectivity index (χ0v) is 9.00. The molecule has 0 saturated heterocycles. The fourth-order valence-electron chi connectivity index (χ4n) is 1.20. The Hall–Kier alpha value is -1.64. The van der Waals surface area contributed by atoms with E-state index < -0.39 is 5.97 Å². The van der Waals surface area contributed by atoms with Crippen molar-refractivity contribution in [2.24, 2.45) is 0 Å². The summed E-state index contributed by atoms with van der Waals surface area (Å²) in [6.45, 7) is 3.40. The number of hydrogen-bond donors (Lipinski definition) is 0. The van der Waals surface area contributed by atoms with Crippen LogP contribution in [0.15, 0.2) is 23.8 Å². The number of hydrogen-bond acceptors (Lipinski definition) is 2. The third-order valence-corrected chi connectivity index (χ3v) is 2.04. The summed E-state index contributed by atoms with van der Waals surface area (Å²) in [5.74, 6) is -0.784. The van der Waals surface area contributed by atoms with Crippen molar-refractivity contribution in [3.05, 3.63) is 40.7 Å². The number of carbonyl (C=O) groups is 1. The lowest BCUT2D eigenvalue weighted by Gasteiger charge is -2.01. The normalized spacial score (nSPS) is 11.3. The minimum absolute atomic E-state index is 0.335. The maximum atomic E-state index is 13.4. The van der Waals surface area contributed by atoms with Crippen molar-refractivity contribution in [2.75, 3.05) is 7.11 Å². The van der Waals surface area contributed by atoms with Gasteiger partial charge in [0.2, 0.25) is 0 Å². The van der Waals surface area contributed by atoms with Crippen LogP contribution in [0.3, 0.4) is 0 Å². The molecule has 0 fully saturated rings. The number of benzene rings is 1. The standard InChI is InChI=1S/C12H13FO2/c1-8-4-5-10(11(13)6-8)7-9(2)12(14)15-3/h4-7H,1-3H3/b9-7+. The highest BCUT2D eigenvalue weighted by atomic mass is 19.1. The van der Waals surface area contributed by atoms with Gasteiger partial charge in [-0.15, -0.1) is 0 Å². The maximum Gasteiger partial charge on any atom is 0.333 e. The average Bonchev–Trinajstić information content (AvgIpc) is 2.20. The highest BCUT2D eigenvalue weighted by Crippen LogP contribution is 2.14. The largest absolute Gasteiger partial charge is 0.466 e. The van der Waals surface area contributed by atoms with Crippen LogP contribution in [0.2, 0.25) is 0 Å². The molecule has 0 amide bonds. The van der Waals surface area contributed by atoms with Crippen molar-refractivity contribution >= 4 is 12.0 Å². The zero-order chi connectivity index (χ0) is 11.4. The van der Waals surface area contributed by atoms with Gasteiger partial charge >= 0.3 is 5.97 Å². The number of rotatable bonds is 2. The summed E-state index contributed by atoms with van der Waals surface area (Å²) >= 11 is 0. The van der Waals surface area contributed by atoms with Gasteiger partial charge in [-0.1, -0.05) is 12.1 Å². The van der Waals surface area contributed by atoms with Crippen LogP contribution in [0.25, 0.3) is 6.08 Å². The van der Waals surface area contributed by atoms with Gasteiger partial charge in [0.25, 0.3) is 0 Å². The quantitative estimate of drug-likeness (QED) is 0.551. The topological polar surface area (TPSA) is 26.3 Å². The van der Waals surface area contributed by atoms with Crippen LogP contribution in [0.4, 0.5) is 4.39 Å². The first-order chi connectivity index (χ1) is 7.04. The van der Waals surface area contributed by atoms with Crippen molar-refractivity contribution in [2.45, 2.75) is 13.8 Å². The summed E-state index contributed by atoms with van der Waals surface area (Å²) < 4.78 is 17.9. The van der Waals surface area contributed by atoms with Gasteiger partial charge in [0.1, 0.15) is 5.82 Å². The lowest BCUT2D eigenvalue weighted by molar-refractivity contribution is -0.135. The van der Waals surface area contributed by atoms with Gasteiger partial charge in [0.05, 0.1) is 7.11 Å². The number of carbonyl (C=O) groups excluding carboxylic acids is 1. The fraction of sp³-hybridized carbons (Fsp3) is 0.250. The third-order valence-electron chi connectivity index (χ3n) is 2.04. The molecule has 1 aromatic rings. The molecule has 0 aliphatic rings. The molecule has 3 heteroatoms. The molecule has 80 valence electrons. The van der Waals surface area contributed by atoms with Crippen LogP contribution in [-0.2, 0) is 9.53 Å². The van der Waals surface area contributed by atoms with E-state index in [0.717, 1.165) is 5.56 Å². The Labute approximate surface area is 88.4 Å². The zero-order valence-electron chi connectivity index (χ0n) is 9.00. The van der Waals surface area contributed by atoms with E-state index in [1.807, 2.05) is 6.92 Å². The molecular formula is C12H13FO2. The number of aryl methyl sites for hydroxylation is 1. The van der Waals surface area contributed by atoms with Crippen LogP contribution < -0.4 is 0 Å². The maximum absolute atomic E-state index is 13.4. The molecule has 0 saturated carbocycles. The monoisotopic (exact) mass is 208 g/mol. The van der Waals surface area contributed by atoms with Crippen LogP contribution in [0, 0.1) is 12.7 Å². The molecule has 0 spiro atoms. The molecule has 2 nitrogen and oxygen atoms in total. The van der Waals surface area contributed by atoms with E-state index in [1.54, 1.807) is 19.1 Å². The Morgan fingerprint density at radius 3 is 2.67 bits per heavy atom. The minimum Gasteiger partial charge on any atom is -0.466 e. The second-order valence-electron chi connectivity index (χ2n) is 3.34. The molecule has 1 rings (SSSR count). The van der Waals surface area contributed by atoms with E-state index in [4.69, 9.17) is 0 Å². The minimum atomic E-state index is -0.449. The van der Waals surface area contributed by atoms with Crippen molar-refractivity contribution in [1.29, 1.82) is 0 Å². The van der Waals surface area contributed by atoms with Gasteiger partial charge in [0.15, 0.2) is 0 Å². The first kappa shape index (κ1) is 11.4. The van der Waals surface area contributed by atoms with Crippen molar-refractivity contribution in [3.8, 4) is 0 Å². The van der Waals surface area contributed by atoms with E-state index in [-0.39, 0.29) is 5.82 Å². The molecular weight excluding hydrogens is 195 g/mol. The van der Waals surface area contributed by atoms with Gasteiger partial charge < -0.3 is 4.74 Å². The van der Waals surface area contributed by atoms with E-state index in [0.29, 0.717) is 11.1 Å². The van der Waals surface area contributed by atoms with E-state index >= 15 is 0 Å². The van der Waals surface area contributed by atoms with Crippen molar-refractivity contribution in [1.82, 2.24) is 0 Å². The van der Waals surface area contributed by atoms with Crippen LogP contribution in [0.5, 0.6) is 0 Å². The lowest BCUT2D eigenvalue weighted by Crippen LogP contribution is -2.01. The lowest BCUT2D eigenvalue weighted by atomic mass is 10.1. The van der Waals surface area contributed by atoms with Crippen LogP contribution in [-0.4, -0.2) is 13.1 Å². The second kappa shape index (κ2) is 4.73. The molecule has 0 aromatic heterocycles. The molecule has 0 N–H and O–H groups in total. The summed E-state index contributed by atoms with van der Waals surface area (Å²) in [7, 11) is 1.30. The number of ether oxygens (including phenoxy) is 1. The predicted molar refractivity (Wildman–Crippen MR) is 56.8 cm³/mol. The molecule has 0 unspecified atom stereocenters. The number of halogens is 1. The predicted octanol–water partition coefficient (Wildman–Crippen LogP) is 2.71. The van der Waals surface area contributed by atoms with E-state index in [1.165, 1.54) is 19.3 Å². The van der Waals surface area contributed by atoms with Crippen LogP contribution in [0.1, 0.15) is 18.1 Å². The molecule has 0 bridgehead atoms. The average molecular weight is 208 g/mol. The Bertz CT molecular complexity index is 408. The second-order valence-corrected chi connectivity index (χ2v) is 3.34. The molecule has 0 aliphatic heterocycles. The molecule has 0 heterocycles. The van der Waals surface area contributed by atoms with Crippen molar-refractivity contribution in [3.63, 3.8) is 0 Å². The summed E-state index contributed by atoms with van der Waals surface area (Å²) in [5, 5.41) is 0. The Balaban J connectivity index is 3.03. The smallest absolute Gasteiger partial charge is 0.333 e. The van der Waals surface area contributed by atoms with Gasteiger partial charge in [-0.2, -0.15) is 0 Å². The van der Waals surface area contributed by atoms with Gasteiger partial charge in [0, 0.05) is 11.1 Å². The fourth-order valence-corrected chi connectivity index (χ4v) is 1.20. The Kier molecular flexibility index (Phi) is 3.61. The van der Waals surface area contributed by atoms with Gasteiger partial charge in [-0.3, -0.25) is 0 Å². The van der Waals surface area contributed by atoms with E-state index in [2.05, 4.69) is 4.74 Å². The molecule has 0 atom stereocenters. The molecule has 0 aliphatic carbocycles. The number of methoxy groups -OCH3 is 1. The summed E-state index contributed by atoms with van der Waals surface area (Å²) in [6, 6.07) is 4.85. The summed E-state index contributed by atoms with van der Waals surface area (Å²) in [6.07, 6.45) is 1.47. The first-order valence-electron chi connectivity index (χ1n) is 4.57. The number of esters is 1. The SMILES string of the molecule is COC(=O)/C(C)=C/c1ccc(C)cc1F. The molecule has 15 heavy (non-hydrogen) atoms. The summed E-state index contributed by atoms with van der Waals surface area (Å²) in [5.41, 5.74) is 1.61. The highest BCUT2D eigenvalue weighted by Gasteiger charge is 2.05. The Morgan fingerprint density at radius 2 is 2.13 bits per heavy atom. The first-order valence-corrected chi connectivity index (χ1v) is 4.57. The summed E-state index contributed by atoms with van der Waals surface area (Å²) in [4.78, 5) is 11.1. The molecule has 0 radical (unpaired) electrons. The Morgan fingerprint density at radius 1 is 1.47 bits per heavy atom. The van der Waals surface area contributed by atoms with Gasteiger partial charge in [-0.05, 0) is 31.6 Å². The van der Waals surface area contributed by atoms with Gasteiger partial charge in [-0.25, -0.2) is 9.18 Å². The molecule has 1 aromatic carbocycles. The van der Waals surface area contributed by atoms with Crippen molar-refractivity contribution < 1.29 is 13.9 Å². The highest BCUT2D eigenvalue weighted by molar-refractivity contribution is 5.92. The van der Waals surface area contributed by atoms with E-state index in [9.17, 15) is 9.18 Å². The van der Waals surface area contributed by atoms with Crippen LogP contribution >= 0.6 is 0 Å². The third kappa shape index (κ3) is 2.91.